The monoisotopic (exact) mass is 243 g/mol. The van der Waals surface area contributed by atoms with E-state index in [0.29, 0.717) is 12.0 Å². The van der Waals surface area contributed by atoms with Crippen LogP contribution in [-0.4, -0.2) is 10.0 Å². The molecule has 4 nitrogen and oxygen atoms in total. The minimum absolute atomic E-state index is 0.000360. The Bertz CT molecular complexity index is 540. The average molecular weight is 243 g/mol. The molecule has 0 heterocycles. The van der Waals surface area contributed by atoms with Crippen molar-refractivity contribution in [1.82, 2.24) is 0 Å². The van der Waals surface area contributed by atoms with E-state index in [-0.39, 0.29) is 5.69 Å². The summed E-state index contributed by atoms with van der Waals surface area (Å²) in [6, 6.07) is 15.6. The number of hydrogen-bond donors (Lipinski definition) is 1. The van der Waals surface area contributed by atoms with Crippen LogP contribution in [0.2, 0.25) is 0 Å². The van der Waals surface area contributed by atoms with Gasteiger partial charge in [0.1, 0.15) is 0 Å². The minimum Gasteiger partial charge on any atom is -0.388 e. The highest BCUT2D eigenvalue weighted by atomic mass is 16.6. The smallest absolute Gasteiger partial charge is 0.269 e. The van der Waals surface area contributed by atoms with Crippen molar-refractivity contribution in [3.63, 3.8) is 0 Å². The Morgan fingerprint density at radius 2 is 1.83 bits per heavy atom. The van der Waals surface area contributed by atoms with E-state index in [1.54, 1.807) is 12.1 Å². The molecule has 0 saturated carbocycles. The van der Waals surface area contributed by atoms with Crippen LogP contribution < -0.4 is 0 Å². The van der Waals surface area contributed by atoms with Crippen LogP contribution in [0.1, 0.15) is 17.2 Å². The zero-order chi connectivity index (χ0) is 13.0. The Kier molecular flexibility index (Phi) is 3.69. The standard InChI is InChI=1S/C14H13NO3/c16-14(9-11-5-2-1-3-6-11)12-7-4-8-13(10-12)15(17)18/h1-8,10,14,16H,9H2. The van der Waals surface area contributed by atoms with Crippen molar-refractivity contribution in [1.29, 1.82) is 0 Å². The summed E-state index contributed by atoms with van der Waals surface area (Å²) in [5.41, 5.74) is 1.56. The molecule has 2 aromatic carbocycles. The molecular weight excluding hydrogens is 230 g/mol. The molecule has 0 saturated heterocycles. The second-order valence-electron chi connectivity index (χ2n) is 4.06. The summed E-state index contributed by atoms with van der Waals surface area (Å²) in [6.45, 7) is 0. The number of nitro groups is 1. The fourth-order valence-corrected chi connectivity index (χ4v) is 1.80. The molecule has 0 fully saturated rings. The van der Waals surface area contributed by atoms with Gasteiger partial charge in [-0.05, 0) is 11.1 Å². The summed E-state index contributed by atoms with van der Waals surface area (Å²) in [7, 11) is 0. The van der Waals surface area contributed by atoms with Gasteiger partial charge >= 0.3 is 0 Å². The van der Waals surface area contributed by atoms with Crippen molar-refractivity contribution in [2.75, 3.05) is 0 Å². The second kappa shape index (κ2) is 5.42. The van der Waals surface area contributed by atoms with Crippen LogP contribution in [0.25, 0.3) is 0 Å². The van der Waals surface area contributed by atoms with Crippen LogP contribution in [0.5, 0.6) is 0 Å². The first kappa shape index (κ1) is 12.3. The Labute approximate surface area is 105 Å². The maximum Gasteiger partial charge on any atom is 0.269 e. The van der Waals surface area contributed by atoms with E-state index in [2.05, 4.69) is 0 Å². The lowest BCUT2D eigenvalue weighted by Gasteiger charge is -2.10. The molecule has 0 spiro atoms. The van der Waals surface area contributed by atoms with Crippen molar-refractivity contribution in [3.05, 3.63) is 75.8 Å². The van der Waals surface area contributed by atoms with Gasteiger partial charge in [0.25, 0.3) is 5.69 Å². The van der Waals surface area contributed by atoms with Crippen molar-refractivity contribution >= 4 is 5.69 Å². The van der Waals surface area contributed by atoms with Gasteiger partial charge in [0.2, 0.25) is 0 Å². The van der Waals surface area contributed by atoms with Gasteiger partial charge in [-0.3, -0.25) is 10.1 Å². The molecule has 4 heteroatoms. The maximum absolute atomic E-state index is 10.7. The molecule has 2 rings (SSSR count). The van der Waals surface area contributed by atoms with Gasteiger partial charge in [0.15, 0.2) is 0 Å². The van der Waals surface area contributed by atoms with Crippen LogP contribution in [0.4, 0.5) is 5.69 Å². The van der Waals surface area contributed by atoms with Gasteiger partial charge in [0, 0.05) is 18.6 Å². The topological polar surface area (TPSA) is 63.4 Å². The van der Waals surface area contributed by atoms with E-state index in [1.165, 1.54) is 12.1 Å². The number of nitro benzene ring substituents is 1. The molecular formula is C14H13NO3. The third-order valence-electron chi connectivity index (χ3n) is 2.74. The van der Waals surface area contributed by atoms with Gasteiger partial charge in [-0.25, -0.2) is 0 Å². The first-order valence-corrected chi connectivity index (χ1v) is 5.63. The number of rotatable bonds is 4. The van der Waals surface area contributed by atoms with Crippen LogP contribution >= 0.6 is 0 Å². The van der Waals surface area contributed by atoms with Crippen molar-refractivity contribution in [2.24, 2.45) is 0 Å². The zero-order valence-electron chi connectivity index (χ0n) is 9.69. The Morgan fingerprint density at radius 3 is 2.50 bits per heavy atom. The molecule has 1 unspecified atom stereocenters. The van der Waals surface area contributed by atoms with Gasteiger partial charge in [-0.2, -0.15) is 0 Å². The summed E-state index contributed by atoms with van der Waals surface area (Å²) in [5.74, 6) is 0. The van der Waals surface area contributed by atoms with Gasteiger partial charge in [-0.15, -0.1) is 0 Å². The van der Waals surface area contributed by atoms with E-state index in [1.807, 2.05) is 30.3 Å². The molecule has 92 valence electrons. The maximum atomic E-state index is 10.7. The lowest BCUT2D eigenvalue weighted by atomic mass is 10.0. The Morgan fingerprint density at radius 1 is 1.11 bits per heavy atom. The molecule has 0 amide bonds. The number of non-ortho nitro benzene ring substituents is 1. The van der Waals surface area contributed by atoms with Gasteiger partial charge < -0.3 is 5.11 Å². The van der Waals surface area contributed by atoms with Crippen molar-refractivity contribution in [2.45, 2.75) is 12.5 Å². The first-order valence-electron chi connectivity index (χ1n) is 5.63. The van der Waals surface area contributed by atoms with E-state index in [0.717, 1.165) is 5.56 Å². The lowest BCUT2D eigenvalue weighted by Crippen LogP contribution is -2.02. The fourth-order valence-electron chi connectivity index (χ4n) is 1.80. The quantitative estimate of drug-likeness (QED) is 0.663. The summed E-state index contributed by atoms with van der Waals surface area (Å²) in [4.78, 5) is 10.2. The summed E-state index contributed by atoms with van der Waals surface area (Å²) < 4.78 is 0. The molecule has 0 aromatic heterocycles. The molecule has 2 aromatic rings. The molecule has 1 atom stereocenters. The van der Waals surface area contributed by atoms with E-state index >= 15 is 0 Å². The summed E-state index contributed by atoms with van der Waals surface area (Å²) in [5, 5.41) is 20.7. The summed E-state index contributed by atoms with van der Waals surface area (Å²) in [6.07, 6.45) is -0.283. The van der Waals surface area contributed by atoms with Crippen molar-refractivity contribution in [3.8, 4) is 0 Å². The molecule has 0 radical (unpaired) electrons. The fraction of sp³-hybridized carbons (Fsp3) is 0.143. The third-order valence-corrected chi connectivity index (χ3v) is 2.74. The summed E-state index contributed by atoms with van der Waals surface area (Å²) >= 11 is 0. The highest BCUT2D eigenvalue weighted by Gasteiger charge is 2.12. The van der Waals surface area contributed by atoms with Crippen LogP contribution in [0, 0.1) is 10.1 Å². The van der Waals surface area contributed by atoms with Gasteiger partial charge in [-0.1, -0.05) is 42.5 Å². The number of aliphatic hydroxyl groups is 1. The lowest BCUT2D eigenvalue weighted by molar-refractivity contribution is -0.385. The predicted molar refractivity (Wildman–Crippen MR) is 68.2 cm³/mol. The van der Waals surface area contributed by atoms with Crippen LogP contribution in [-0.2, 0) is 6.42 Å². The number of aliphatic hydroxyl groups excluding tert-OH is 1. The highest BCUT2D eigenvalue weighted by molar-refractivity contribution is 5.35. The molecule has 0 aliphatic heterocycles. The molecule has 0 bridgehead atoms. The van der Waals surface area contributed by atoms with E-state index in [9.17, 15) is 15.2 Å². The largest absolute Gasteiger partial charge is 0.388 e. The zero-order valence-corrected chi connectivity index (χ0v) is 9.69. The van der Waals surface area contributed by atoms with Crippen molar-refractivity contribution < 1.29 is 10.0 Å². The first-order chi connectivity index (χ1) is 8.66. The molecule has 18 heavy (non-hydrogen) atoms. The van der Waals surface area contributed by atoms with E-state index in [4.69, 9.17) is 0 Å². The Balaban J connectivity index is 2.16. The number of benzene rings is 2. The third kappa shape index (κ3) is 2.93. The predicted octanol–water partition coefficient (Wildman–Crippen LogP) is 2.87. The average Bonchev–Trinajstić information content (AvgIpc) is 2.40. The van der Waals surface area contributed by atoms with Gasteiger partial charge in [0.05, 0.1) is 11.0 Å². The normalized spacial score (nSPS) is 12.1. The molecule has 0 aliphatic rings. The minimum atomic E-state index is -0.729. The van der Waals surface area contributed by atoms with E-state index < -0.39 is 11.0 Å². The SMILES string of the molecule is O=[N+]([O-])c1cccc(C(O)Cc2ccccc2)c1. The van der Waals surface area contributed by atoms with Crippen LogP contribution in [0.15, 0.2) is 54.6 Å². The molecule has 0 aliphatic carbocycles. The Hall–Kier alpha value is -2.20. The molecule has 1 N–H and O–H groups in total. The highest BCUT2D eigenvalue weighted by Crippen LogP contribution is 2.22. The number of hydrogen-bond acceptors (Lipinski definition) is 3. The second-order valence-corrected chi connectivity index (χ2v) is 4.06. The van der Waals surface area contributed by atoms with Crippen LogP contribution in [0.3, 0.4) is 0 Å². The number of nitrogens with zero attached hydrogens (tertiary/aromatic N) is 1.